The van der Waals surface area contributed by atoms with E-state index >= 15 is 0 Å². The number of nitriles is 1. The van der Waals surface area contributed by atoms with Gasteiger partial charge in [0, 0.05) is 10.0 Å². The van der Waals surface area contributed by atoms with Gasteiger partial charge in [-0.25, -0.2) is 0 Å². The summed E-state index contributed by atoms with van der Waals surface area (Å²) < 4.78 is 12.2. The Labute approximate surface area is 232 Å². The topological polar surface area (TPSA) is 79.6 Å². The van der Waals surface area contributed by atoms with Crippen LogP contribution in [0.25, 0.3) is 16.8 Å². The van der Waals surface area contributed by atoms with Gasteiger partial charge < -0.3 is 9.47 Å². The number of halogens is 1. The van der Waals surface area contributed by atoms with Crippen molar-refractivity contribution in [2.45, 2.75) is 13.2 Å². The molecule has 0 unspecified atom stereocenters. The Morgan fingerprint density at radius 1 is 0.974 bits per heavy atom. The van der Waals surface area contributed by atoms with Crippen LogP contribution in [0, 0.1) is 11.3 Å². The molecule has 4 aromatic carbocycles. The lowest BCUT2D eigenvalue weighted by Gasteiger charge is -2.15. The highest BCUT2D eigenvalue weighted by Gasteiger charge is 2.35. The summed E-state index contributed by atoms with van der Waals surface area (Å²) in [6, 6.07) is 26.7. The Balaban J connectivity index is 1.38. The average molecular weight is 585 g/mol. The zero-order valence-electron chi connectivity index (χ0n) is 20.3. The Morgan fingerprint density at radius 3 is 2.53 bits per heavy atom. The number of amides is 2. The summed E-state index contributed by atoms with van der Waals surface area (Å²) in [7, 11) is 1.53. The molecule has 0 aliphatic carbocycles. The third-order valence-electron chi connectivity index (χ3n) is 6.17. The van der Waals surface area contributed by atoms with Gasteiger partial charge in [-0.2, -0.15) is 5.26 Å². The minimum atomic E-state index is -0.341. The summed E-state index contributed by atoms with van der Waals surface area (Å²) in [6.07, 6.45) is 1.68. The van der Waals surface area contributed by atoms with E-state index in [1.54, 1.807) is 30.3 Å². The average Bonchev–Trinajstić information content (AvgIpc) is 3.20. The zero-order chi connectivity index (χ0) is 26.6. The molecule has 1 heterocycles. The number of rotatable bonds is 7. The van der Waals surface area contributed by atoms with Crippen LogP contribution in [0.4, 0.5) is 4.79 Å². The van der Waals surface area contributed by atoms with Crippen molar-refractivity contribution < 1.29 is 19.1 Å². The number of thioether (sulfide) groups is 1. The first-order chi connectivity index (χ1) is 18.5. The lowest BCUT2D eigenvalue weighted by molar-refractivity contribution is -0.123. The second kappa shape index (κ2) is 11.1. The maximum Gasteiger partial charge on any atom is 0.293 e. The molecule has 0 N–H and O–H groups in total. The van der Waals surface area contributed by atoms with Gasteiger partial charge in [0.1, 0.15) is 6.61 Å². The Kier molecular flexibility index (Phi) is 7.50. The summed E-state index contributed by atoms with van der Waals surface area (Å²) in [4.78, 5) is 27.6. The molecule has 0 aromatic heterocycles. The number of carbonyl (C=O) groups is 2. The van der Waals surface area contributed by atoms with Crippen molar-refractivity contribution in [3.63, 3.8) is 0 Å². The highest BCUT2D eigenvalue weighted by molar-refractivity contribution is 9.10. The Hall–Kier alpha value is -4.06. The molecule has 8 heteroatoms. The van der Waals surface area contributed by atoms with Crippen molar-refractivity contribution in [3.8, 4) is 17.6 Å². The number of hydrogen-bond donors (Lipinski definition) is 0. The van der Waals surface area contributed by atoms with Crippen LogP contribution in [0.2, 0.25) is 0 Å². The van der Waals surface area contributed by atoms with Crippen molar-refractivity contribution in [2.75, 3.05) is 7.11 Å². The first kappa shape index (κ1) is 25.6. The third kappa shape index (κ3) is 5.17. The van der Waals surface area contributed by atoms with Crippen LogP contribution < -0.4 is 9.47 Å². The fourth-order valence-corrected chi connectivity index (χ4v) is 5.49. The highest BCUT2D eigenvalue weighted by Crippen LogP contribution is 2.39. The van der Waals surface area contributed by atoms with Crippen LogP contribution in [0.1, 0.15) is 22.3 Å². The lowest BCUT2D eigenvalue weighted by atomic mass is 10.0. The van der Waals surface area contributed by atoms with Gasteiger partial charge in [-0.1, -0.05) is 76.6 Å². The van der Waals surface area contributed by atoms with Gasteiger partial charge in [-0.15, -0.1) is 0 Å². The van der Waals surface area contributed by atoms with Crippen molar-refractivity contribution in [3.05, 3.63) is 110 Å². The van der Waals surface area contributed by atoms with E-state index in [2.05, 4.69) is 22.0 Å². The van der Waals surface area contributed by atoms with E-state index in [0.29, 0.717) is 32.0 Å². The molecule has 4 aromatic rings. The molecule has 2 amide bonds. The van der Waals surface area contributed by atoms with Crippen LogP contribution in [-0.2, 0) is 17.9 Å². The SMILES string of the molecule is COc1cc(/C=C2/SC(=O)N(Cc3cccc4ccccc34)C2=O)c(Br)cc1OCc1ccccc1C#N. The summed E-state index contributed by atoms with van der Waals surface area (Å²) in [5.41, 5.74) is 2.88. The molecule has 0 saturated carbocycles. The van der Waals surface area contributed by atoms with Gasteiger partial charge >= 0.3 is 0 Å². The summed E-state index contributed by atoms with van der Waals surface area (Å²) >= 11 is 4.47. The van der Waals surface area contributed by atoms with Gasteiger partial charge in [-0.3, -0.25) is 14.5 Å². The monoisotopic (exact) mass is 584 g/mol. The number of fused-ring (bicyclic) bond motifs is 1. The summed E-state index contributed by atoms with van der Waals surface area (Å²) in [6.45, 7) is 0.393. The van der Waals surface area contributed by atoms with Crippen molar-refractivity contribution in [1.29, 1.82) is 5.26 Å². The van der Waals surface area contributed by atoms with Crippen LogP contribution in [-0.4, -0.2) is 23.2 Å². The van der Waals surface area contributed by atoms with E-state index in [0.717, 1.165) is 33.7 Å². The van der Waals surface area contributed by atoms with Crippen LogP contribution in [0.3, 0.4) is 0 Å². The van der Waals surface area contributed by atoms with E-state index in [9.17, 15) is 14.9 Å². The molecular weight excluding hydrogens is 564 g/mol. The molecular formula is C30H21BrN2O4S. The molecule has 0 radical (unpaired) electrons. The van der Waals surface area contributed by atoms with E-state index in [1.165, 1.54) is 12.0 Å². The molecule has 6 nitrogen and oxygen atoms in total. The standard InChI is InChI=1S/C30H21BrN2O4S/c1-36-26-13-23(25(31)15-27(26)37-18-22-9-3-2-8-20(22)16-32)14-28-29(34)33(30(35)38-28)17-21-11-6-10-19-7-4-5-12-24(19)21/h2-15H,17-18H2,1H3/b28-14+. The molecule has 0 spiro atoms. The van der Waals surface area contributed by atoms with Crippen molar-refractivity contribution in [2.24, 2.45) is 0 Å². The quantitative estimate of drug-likeness (QED) is 0.212. The van der Waals surface area contributed by atoms with Gasteiger partial charge in [0.2, 0.25) is 0 Å². The number of carbonyl (C=O) groups excluding carboxylic acids is 2. The van der Waals surface area contributed by atoms with Crippen molar-refractivity contribution >= 4 is 55.7 Å². The van der Waals surface area contributed by atoms with Crippen LogP contribution in [0.5, 0.6) is 11.5 Å². The van der Waals surface area contributed by atoms with Gasteiger partial charge in [0.05, 0.1) is 30.2 Å². The molecule has 1 fully saturated rings. The Morgan fingerprint density at radius 2 is 1.71 bits per heavy atom. The van der Waals surface area contributed by atoms with E-state index in [-0.39, 0.29) is 24.3 Å². The fraction of sp³-hybridized carbons (Fsp3) is 0.100. The lowest BCUT2D eigenvalue weighted by Crippen LogP contribution is -2.27. The number of imide groups is 1. The molecule has 1 aliphatic heterocycles. The van der Waals surface area contributed by atoms with E-state index in [4.69, 9.17) is 9.47 Å². The second-order valence-corrected chi connectivity index (χ2v) is 10.3. The van der Waals surface area contributed by atoms with E-state index in [1.807, 2.05) is 54.6 Å². The highest BCUT2D eigenvalue weighted by atomic mass is 79.9. The smallest absolute Gasteiger partial charge is 0.293 e. The maximum absolute atomic E-state index is 13.2. The molecule has 38 heavy (non-hydrogen) atoms. The van der Waals surface area contributed by atoms with E-state index < -0.39 is 0 Å². The van der Waals surface area contributed by atoms with Crippen LogP contribution in [0.15, 0.2) is 88.2 Å². The number of methoxy groups -OCH3 is 1. The minimum absolute atomic E-state index is 0.193. The number of nitrogens with zero attached hydrogens (tertiary/aromatic N) is 2. The zero-order valence-corrected chi connectivity index (χ0v) is 22.7. The first-order valence-electron chi connectivity index (χ1n) is 11.7. The summed E-state index contributed by atoms with van der Waals surface area (Å²) in [5, 5.41) is 11.1. The number of benzene rings is 4. The molecule has 0 atom stereocenters. The number of ether oxygens (including phenoxy) is 2. The normalized spacial score (nSPS) is 14.2. The molecule has 1 saturated heterocycles. The predicted molar refractivity (Wildman–Crippen MR) is 152 cm³/mol. The number of hydrogen-bond acceptors (Lipinski definition) is 6. The van der Waals surface area contributed by atoms with Crippen LogP contribution >= 0.6 is 27.7 Å². The molecule has 5 rings (SSSR count). The molecule has 1 aliphatic rings. The molecule has 0 bridgehead atoms. The second-order valence-electron chi connectivity index (χ2n) is 8.49. The Bertz CT molecular complexity index is 1640. The summed E-state index contributed by atoms with van der Waals surface area (Å²) in [5.74, 6) is 0.601. The largest absolute Gasteiger partial charge is 0.493 e. The maximum atomic E-state index is 13.2. The predicted octanol–water partition coefficient (Wildman–Crippen LogP) is 7.30. The molecule has 188 valence electrons. The fourth-order valence-electron chi connectivity index (χ4n) is 4.22. The van der Waals surface area contributed by atoms with Gasteiger partial charge in [0.25, 0.3) is 11.1 Å². The van der Waals surface area contributed by atoms with Gasteiger partial charge in [-0.05, 0) is 57.9 Å². The van der Waals surface area contributed by atoms with Crippen molar-refractivity contribution in [1.82, 2.24) is 4.90 Å². The first-order valence-corrected chi connectivity index (χ1v) is 13.3. The van der Waals surface area contributed by atoms with Gasteiger partial charge in [0.15, 0.2) is 11.5 Å². The third-order valence-corrected chi connectivity index (χ3v) is 7.77. The minimum Gasteiger partial charge on any atom is -0.493 e.